The Hall–Kier alpha value is -3.49. The third-order valence-corrected chi connectivity index (χ3v) is 11.6. The van der Waals surface area contributed by atoms with Crippen molar-refractivity contribution in [1.82, 2.24) is 24.3 Å². The Bertz CT molecular complexity index is 1600. The zero-order valence-corrected chi connectivity index (χ0v) is 34.5. The summed E-state index contributed by atoms with van der Waals surface area (Å²) in [6.07, 6.45) is 3.58. The average Bonchev–Trinajstić information content (AvgIpc) is 3.56. The maximum absolute atomic E-state index is 16.5. The molecule has 308 valence electrons. The minimum absolute atomic E-state index is 0.0594. The molecule has 0 aliphatic carbocycles. The highest BCUT2D eigenvalue weighted by molar-refractivity contribution is 6.07. The van der Waals surface area contributed by atoms with Gasteiger partial charge in [-0.05, 0) is 85.0 Å². The average molecular weight is 774 g/mol. The van der Waals surface area contributed by atoms with Crippen LogP contribution in [0.3, 0.4) is 0 Å². The smallest absolute Gasteiger partial charge is 0.410 e. The molecule has 2 aliphatic rings. The number of aryl methyl sites for hydroxylation is 1. The van der Waals surface area contributed by atoms with Gasteiger partial charge in [0.1, 0.15) is 11.9 Å². The number of carbonyl (C=O) groups is 4. The molecule has 0 unspecified atom stereocenters. The fraction of sp³-hybridized carbons (Fsp3) is 0.756. The number of hydrogen-bond acceptors (Lipinski definition) is 11. The molecule has 13 nitrogen and oxygen atoms in total. The molecule has 0 radical (unpaired) electrons. The maximum atomic E-state index is 16.5. The van der Waals surface area contributed by atoms with Crippen LogP contribution in [-0.4, -0.2) is 118 Å². The lowest BCUT2D eigenvalue weighted by Gasteiger charge is -2.41. The van der Waals surface area contributed by atoms with Crippen molar-refractivity contribution in [2.24, 2.45) is 23.7 Å². The number of imidazole rings is 1. The number of nitrogens with zero attached hydrogens (tertiary/aromatic N) is 5. The van der Waals surface area contributed by atoms with Crippen molar-refractivity contribution in [2.75, 3.05) is 27.2 Å². The van der Waals surface area contributed by atoms with E-state index in [1.807, 2.05) is 51.6 Å². The van der Waals surface area contributed by atoms with Gasteiger partial charge in [0.05, 0.1) is 30.7 Å². The maximum Gasteiger partial charge on any atom is 0.410 e. The van der Waals surface area contributed by atoms with Gasteiger partial charge in [-0.25, -0.2) is 23.9 Å². The summed E-state index contributed by atoms with van der Waals surface area (Å²) in [5, 5.41) is 0. The first-order valence-corrected chi connectivity index (χ1v) is 20.1. The van der Waals surface area contributed by atoms with Gasteiger partial charge in [-0.15, -0.1) is 0 Å². The standard InChI is InChI=1S/C41H64FN5O8/c1-11-31-23-33(47(40(51)52-12-2)19-14-13-18-46-24-44-38-32(46)16-15-17-43-38)28(6)35(48)25(3)20-26(4)36(29(7)37(49)41(8,42)39(50)54-31)55-34-22-30(45(9)10)21-27(5)53-34/h15-17,24-31,33-34,36H,11-14,18-23H2,1-10H3/t25-,26+,27-,28-,29-,30+,31-,33+,34+,36+,41+/m1/s1. The van der Waals surface area contributed by atoms with Crippen molar-refractivity contribution in [1.29, 1.82) is 0 Å². The van der Waals surface area contributed by atoms with Crippen LogP contribution in [0.15, 0.2) is 24.7 Å². The second-order valence-corrected chi connectivity index (χ2v) is 16.1. The molecule has 55 heavy (non-hydrogen) atoms. The Morgan fingerprint density at radius 2 is 1.75 bits per heavy atom. The number of carbonyl (C=O) groups excluding carboxylic acids is 4. The minimum Gasteiger partial charge on any atom is -0.460 e. The number of ether oxygens (including phenoxy) is 4. The highest BCUT2D eigenvalue weighted by Gasteiger charge is 2.50. The molecule has 11 atom stereocenters. The Kier molecular flexibility index (Phi) is 15.7. The van der Waals surface area contributed by atoms with Crippen LogP contribution in [-0.2, 0) is 39.9 Å². The zero-order valence-electron chi connectivity index (χ0n) is 34.5. The molecular formula is C41H64FN5O8. The van der Waals surface area contributed by atoms with Crippen LogP contribution in [0.25, 0.3) is 11.2 Å². The fourth-order valence-electron chi connectivity index (χ4n) is 8.30. The highest BCUT2D eigenvalue weighted by atomic mass is 19.1. The Labute approximate surface area is 326 Å². The molecule has 0 bridgehead atoms. The lowest BCUT2D eigenvalue weighted by Crippen LogP contribution is -2.53. The molecule has 0 saturated carbocycles. The van der Waals surface area contributed by atoms with Crippen LogP contribution >= 0.6 is 0 Å². The summed E-state index contributed by atoms with van der Waals surface area (Å²) in [4.78, 5) is 68.0. The van der Waals surface area contributed by atoms with Gasteiger partial charge < -0.3 is 33.3 Å². The summed E-state index contributed by atoms with van der Waals surface area (Å²) in [5.74, 6) is -4.98. The van der Waals surface area contributed by atoms with Gasteiger partial charge in [0.15, 0.2) is 17.7 Å². The van der Waals surface area contributed by atoms with Gasteiger partial charge in [-0.2, -0.15) is 0 Å². The van der Waals surface area contributed by atoms with E-state index in [1.165, 1.54) is 0 Å². The number of aromatic nitrogens is 3. The Balaban J connectivity index is 1.64. The number of cyclic esters (lactones) is 1. The molecule has 2 aliphatic heterocycles. The lowest BCUT2D eigenvalue weighted by molar-refractivity contribution is -0.237. The van der Waals surface area contributed by atoms with E-state index in [-0.39, 0.29) is 43.9 Å². The predicted molar refractivity (Wildman–Crippen MR) is 206 cm³/mol. The van der Waals surface area contributed by atoms with Gasteiger partial charge in [-0.3, -0.25) is 9.59 Å². The van der Waals surface area contributed by atoms with E-state index in [1.54, 1.807) is 45.1 Å². The lowest BCUT2D eigenvalue weighted by atomic mass is 9.77. The van der Waals surface area contributed by atoms with Crippen LogP contribution in [0.2, 0.25) is 0 Å². The number of alkyl halides is 1. The van der Waals surface area contributed by atoms with Crippen molar-refractivity contribution in [3.8, 4) is 0 Å². The third-order valence-electron chi connectivity index (χ3n) is 11.6. The van der Waals surface area contributed by atoms with Gasteiger partial charge >= 0.3 is 12.1 Å². The number of esters is 1. The van der Waals surface area contributed by atoms with Crippen molar-refractivity contribution in [2.45, 2.75) is 149 Å². The number of pyridine rings is 1. The highest BCUT2D eigenvalue weighted by Crippen LogP contribution is 2.35. The summed E-state index contributed by atoms with van der Waals surface area (Å²) in [7, 11) is 3.98. The molecule has 2 aromatic rings. The zero-order chi connectivity index (χ0) is 40.6. The van der Waals surface area contributed by atoms with E-state index in [0.717, 1.165) is 18.9 Å². The molecule has 4 rings (SSSR count). The summed E-state index contributed by atoms with van der Waals surface area (Å²) < 4.78 is 42.6. The molecule has 1 amide bonds. The molecule has 0 N–H and O–H groups in total. The number of fused-ring (bicyclic) bond motifs is 1. The number of unbranched alkanes of at least 4 members (excludes halogenated alkanes) is 1. The number of halogens is 1. The molecule has 14 heteroatoms. The number of rotatable bonds is 11. The number of Topliss-reactive ketones (excluding diaryl/α,β-unsaturated/α-hetero) is 2. The van der Waals surface area contributed by atoms with Crippen molar-refractivity contribution in [3.63, 3.8) is 0 Å². The monoisotopic (exact) mass is 773 g/mol. The van der Waals surface area contributed by atoms with Crippen molar-refractivity contribution < 1.29 is 42.5 Å². The predicted octanol–water partition coefficient (Wildman–Crippen LogP) is 6.41. The van der Waals surface area contributed by atoms with Gasteiger partial charge in [-0.1, -0.05) is 34.6 Å². The van der Waals surface area contributed by atoms with E-state index in [4.69, 9.17) is 18.9 Å². The van der Waals surface area contributed by atoms with E-state index in [9.17, 15) is 19.2 Å². The van der Waals surface area contributed by atoms with Crippen LogP contribution in [0.4, 0.5) is 9.18 Å². The minimum atomic E-state index is -2.97. The third kappa shape index (κ3) is 10.9. The second kappa shape index (κ2) is 19.6. The van der Waals surface area contributed by atoms with E-state index in [0.29, 0.717) is 37.9 Å². The molecular weight excluding hydrogens is 709 g/mol. The summed E-state index contributed by atoms with van der Waals surface area (Å²) in [6, 6.07) is 3.24. The summed E-state index contributed by atoms with van der Waals surface area (Å²) in [5.41, 5.74) is -1.41. The van der Waals surface area contributed by atoms with E-state index < -0.39 is 71.7 Å². The summed E-state index contributed by atoms with van der Waals surface area (Å²) >= 11 is 0. The largest absolute Gasteiger partial charge is 0.460 e. The molecule has 2 fully saturated rings. The Morgan fingerprint density at radius 3 is 2.42 bits per heavy atom. The van der Waals surface area contributed by atoms with Crippen LogP contribution in [0.1, 0.15) is 100 Å². The van der Waals surface area contributed by atoms with Crippen LogP contribution in [0, 0.1) is 23.7 Å². The Morgan fingerprint density at radius 1 is 1.02 bits per heavy atom. The first kappa shape index (κ1) is 44.2. The van der Waals surface area contributed by atoms with Gasteiger partial charge in [0.2, 0.25) is 0 Å². The van der Waals surface area contributed by atoms with Crippen LogP contribution < -0.4 is 0 Å². The molecule has 0 aromatic carbocycles. The molecule has 2 aromatic heterocycles. The number of ketones is 2. The SMILES string of the molecule is CCOC(=O)N(CCCCn1cnc2ncccc21)[C@H]1C[C@@H](CC)OC(=O)[C@@](C)(F)C(=O)[C@H](C)[C@@H](O[C@H]2C[C@@H](N(C)C)C[C@@H](C)O2)[C@@H](C)C[C@@H](C)C(=O)[C@@H]1C. The first-order chi connectivity index (χ1) is 26.0. The summed E-state index contributed by atoms with van der Waals surface area (Å²) in [6.45, 7) is 14.5. The van der Waals surface area contributed by atoms with Crippen molar-refractivity contribution >= 4 is 34.8 Å². The van der Waals surface area contributed by atoms with Gasteiger partial charge in [0.25, 0.3) is 5.67 Å². The topological polar surface area (TPSA) is 142 Å². The second-order valence-electron chi connectivity index (χ2n) is 16.1. The van der Waals surface area contributed by atoms with Gasteiger partial charge in [0, 0.05) is 62.0 Å². The normalized spacial score (nSPS) is 33.0. The fourth-order valence-corrected chi connectivity index (χ4v) is 8.30. The number of hydrogen-bond donors (Lipinski definition) is 0. The quantitative estimate of drug-likeness (QED) is 0.142. The molecule has 0 spiro atoms. The van der Waals surface area contributed by atoms with E-state index >= 15 is 4.39 Å². The molecule has 2 saturated heterocycles. The van der Waals surface area contributed by atoms with E-state index in [2.05, 4.69) is 14.9 Å². The van der Waals surface area contributed by atoms with Crippen molar-refractivity contribution in [3.05, 3.63) is 24.7 Å². The molecule has 4 heterocycles. The first-order valence-electron chi connectivity index (χ1n) is 20.1. The van der Waals surface area contributed by atoms with Crippen LogP contribution in [0.5, 0.6) is 0 Å². The number of amides is 1.